The Balaban J connectivity index is 2.15. The third kappa shape index (κ3) is 4.03. The largest absolute Gasteiger partial charge is 0.323 e. The molecule has 2 N–H and O–H groups in total. The second kappa shape index (κ2) is 6.90. The lowest BCUT2D eigenvalue weighted by atomic mass is 9.89. The van der Waals surface area contributed by atoms with Gasteiger partial charge in [-0.15, -0.1) is 11.3 Å². The van der Waals surface area contributed by atoms with Gasteiger partial charge in [0.2, 0.25) is 0 Å². The third-order valence-corrected chi connectivity index (χ3v) is 5.22. The Kier molecular flexibility index (Phi) is 5.57. The van der Waals surface area contributed by atoms with Gasteiger partial charge in [0.15, 0.2) is 5.11 Å². The molecule has 118 valence electrons. The highest BCUT2D eigenvalue weighted by Gasteiger charge is 2.31. The SMILES string of the molecule is CC1CCc2c(sc(NC(=S)NC(=O)C(Cl)(Cl)Cl)c2C#N)C1. The lowest BCUT2D eigenvalue weighted by Crippen LogP contribution is -2.41. The number of thiophene rings is 1. The molecule has 0 saturated carbocycles. The van der Waals surface area contributed by atoms with Gasteiger partial charge in [0.1, 0.15) is 11.1 Å². The van der Waals surface area contributed by atoms with Crippen LogP contribution in [-0.4, -0.2) is 14.8 Å². The third-order valence-electron chi connectivity index (χ3n) is 3.34. The number of hydrogen-bond donors (Lipinski definition) is 2. The first kappa shape index (κ1) is 17.8. The summed E-state index contributed by atoms with van der Waals surface area (Å²) in [6, 6.07) is 2.20. The average molecular weight is 397 g/mol. The Hall–Kier alpha value is -0.580. The zero-order valence-corrected chi connectivity index (χ0v) is 15.4. The van der Waals surface area contributed by atoms with Gasteiger partial charge in [-0.25, -0.2) is 0 Å². The van der Waals surface area contributed by atoms with E-state index in [4.69, 9.17) is 47.0 Å². The highest BCUT2D eigenvalue weighted by molar-refractivity contribution is 7.80. The number of fused-ring (bicyclic) bond motifs is 1. The molecule has 4 nitrogen and oxygen atoms in total. The van der Waals surface area contributed by atoms with Crippen LogP contribution < -0.4 is 10.6 Å². The van der Waals surface area contributed by atoms with Crippen molar-refractivity contribution in [3.63, 3.8) is 0 Å². The fourth-order valence-electron chi connectivity index (χ4n) is 2.27. The van der Waals surface area contributed by atoms with Gasteiger partial charge in [0.05, 0.1) is 5.56 Å². The van der Waals surface area contributed by atoms with Crippen LogP contribution in [0.1, 0.15) is 29.3 Å². The van der Waals surface area contributed by atoms with E-state index in [1.54, 1.807) is 0 Å². The maximum absolute atomic E-state index is 11.6. The Morgan fingerprint density at radius 2 is 2.18 bits per heavy atom. The van der Waals surface area contributed by atoms with Gasteiger partial charge in [0, 0.05) is 4.88 Å². The molecule has 1 aromatic heterocycles. The Labute approximate surface area is 152 Å². The molecule has 1 amide bonds. The number of carbonyl (C=O) groups excluding carboxylic acids is 1. The van der Waals surface area contributed by atoms with E-state index in [1.807, 2.05) is 0 Å². The number of alkyl halides is 3. The molecular weight excluding hydrogens is 385 g/mol. The molecular formula is C13H12Cl3N3OS2. The quantitative estimate of drug-likeness (QED) is 0.557. The van der Waals surface area contributed by atoms with Crippen LogP contribution >= 0.6 is 58.4 Å². The molecule has 0 aromatic carbocycles. The second-order valence-corrected chi connectivity index (χ2v) is 8.87. The number of carbonyl (C=O) groups is 1. The number of nitrogens with one attached hydrogen (secondary N) is 2. The van der Waals surface area contributed by atoms with Crippen molar-refractivity contribution in [1.82, 2.24) is 5.32 Å². The van der Waals surface area contributed by atoms with E-state index < -0.39 is 9.70 Å². The van der Waals surface area contributed by atoms with E-state index in [2.05, 4.69) is 23.6 Å². The number of anilines is 1. The molecule has 0 aliphatic heterocycles. The van der Waals surface area contributed by atoms with E-state index in [1.165, 1.54) is 16.2 Å². The van der Waals surface area contributed by atoms with Crippen LogP contribution in [0.5, 0.6) is 0 Å². The van der Waals surface area contributed by atoms with Crippen molar-refractivity contribution in [2.45, 2.75) is 30.0 Å². The van der Waals surface area contributed by atoms with Crippen LogP contribution in [0.2, 0.25) is 0 Å². The minimum atomic E-state index is -2.09. The van der Waals surface area contributed by atoms with Crippen molar-refractivity contribution in [2.24, 2.45) is 5.92 Å². The minimum Gasteiger partial charge on any atom is -0.323 e. The first-order chi connectivity index (χ1) is 10.2. The predicted octanol–water partition coefficient (Wildman–Crippen LogP) is 3.93. The summed E-state index contributed by atoms with van der Waals surface area (Å²) in [5.74, 6) is -0.245. The van der Waals surface area contributed by atoms with Crippen molar-refractivity contribution in [1.29, 1.82) is 5.26 Å². The summed E-state index contributed by atoms with van der Waals surface area (Å²) in [4.78, 5) is 12.7. The Morgan fingerprint density at radius 3 is 2.77 bits per heavy atom. The molecule has 0 saturated heterocycles. The molecule has 1 heterocycles. The van der Waals surface area contributed by atoms with Crippen LogP contribution in [0, 0.1) is 17.2 Å². The molecule has 22 heavy (non-hydrogen) atoms. The molecule has 1 aliphatic rings. The van der Waals surface area contributed by atoms with Gasteiger partial charge in [-0.2, -0.15) is 5.26 Å². The minimum absolute atomic E-state index is 0.000490. The lowest BCUT2D eigenvalue weighted by Gasteiger charge is -2.17. The fraction of sp³-hybridized carbons (Fsp3) is 0.462. The molecule has 1 aromatic rings. The summed E-state index contributed by atoms with van der Waals surface area (Å²) >= 11 is 22.9. The van der Waals surface area contributed by atoms with Crippen molar-refractivity contribution >= 4 is 74.4 Å². The van der Waals surface area contributed by atoms with Crippen LogP contribution in [0.3, 0.4) is 0 Å². The van der Waals surface area contributed by atoms with Crippen molar-refractivity contribution in [3.8, 4) is 6.07 Å². The summed E-state index contributed by atoms with van der Waals surface area (Å²) < 4.78 is -2.09. The monoisotopic (exact) mass is 395 g/mol. The van der Waals surface area contributed by atoms with Gasteiger partial charge >= 0.3 is 0 Å². The normalized spacial score (nSPS) is 17.3. The molecule has 0 spiro atoms. The maximum Gasteiger partial charge on any atom is 0.278 e. The van der Waals surface area contributed by atoms with E-state index in [9.17, 15) is 10.1 Å². The van der Waals surface area contributed by atoms with E-state index in [0.717, 1.165) is 24.8 Å². The number of hydrogen-bond acceptors (Lipinski definition) is 4. The van der Waals surface area contributed by atoms with Gasteiger partial charge in [-0.05, 0) is 43.0 Å². The molecule has 9 heteroatoms. The van der Waals surface area contributed by atoms with Gasteiger partial charge in [-0.3, -0.25) is 10.1 Å². The fourth-order valence-corrected chi connectivity index (χ4v) is 4.03. The van der Waals surface area contributed by atoms with E-state index in [-0.39, 0.29) is 5.11 Å². The van der Waals surface area contributed by atoms with Crippen LogP contribution in [0.25, 0.3) is 0 Å². The number of halogens is 3. The Bertz CT molecular complexity index is 661. The molecule has 0 radical (unpaired) electrons. The van der Waals surface area contributed by atoms with Crippen molar-refractivity contribution in [2.75, 3.05) is 5.32 Å². The van der Waals surface area contributed by atoms with Crippen LogP contribution in [-0.2, 0) is 17.6 Å². The topological polar surface area (TPSA) is 64.9 Å². The van der Waals surface area contributed by atoms with Crippen molar-refractivity contribution in [3.05, 3.63) is 16.0 Å². The second-order valence-electron chi connectivity index (χ2n) is 5.07. The predicted molar refractivity (Wildman–Crippen MR) is 94.9 cm³/mol. The highest BCUT2D eigenvalue weighted by atomic mass is 35.6. The summed E-state index contributed by atoms with van der Waals surface area (Å²) in [5.41, 5.74) is 1.65. The molecule has 1 unspecified atom stereocenters. The number of nitriles is 1. The zero-order valence-electron chi connectivity index (χ0n) is 11.5. The number of nitrogens with zero attached hydrogens (tertiary/aromatic N) is 1. The number of rotatable bonds is 1. The van der Waals surface area contributed by atoms with Gasteiger partial charge < -0.3 is 5.32 Å². The van der Waals surface area contributed by atoms with E-state index in [0.29, 0.717) is 16.5 Å². The Morgan fingerprint density at radius 1 is 1.50 bits per heavy atom. The summed E-state index contributed by atoms with van der Waals surface area (Å²) in [6.07, 6.45) is 2.89. The van der Waals surface area contributed by atoms with Crippen molar-refractivity contribution < 1.29 is 4.79 Å². The van der Waals surface area contributed by atoms with Gasteiger partial charge in [0.25, 0.3) is 9.70 Å². The number of amides is 1. The van der Waals surface area contributed by atoms with Crippen LogP contribution in [0.15, 0.2) is 0 Å². The maximum atomic E-state index is 11.6. The van der Waals surface area contributed by atoms with Gasteiger partial charge in [-0.1, -0.05) is 41.7 Å². The van der Waals surface area contributed by atoms with E-state index >= 15 is 0 Å². The lowest BCUT2D eigenvalue weighted by molar-refractivity contribution is -0.118. The first-order valence-electron chi connectivity index (χ1n) is 6.46. The molecule has 2 rings (SSSR count). The molecule has 0 bridgehead atoms. The molecule has 1 atom stereocenters. The zero-order chi connectivity index (χ0) is 16.5. The molecule has 1 aliphatic carbocycles. The first-order valence-corrected chi connectivity index (χ1v) is 8.82. The summed E-state index contributed by atoms with van der Waals surface area (Å²) in [6.45, 7) is 2.19. The highest BCUT2D eigenvalue weighted by Crippen LogP contribution is 2.39. The molecule has 0 fully saturated rings. The summed E-state index contributed by atoms with van der Waals surface area (Å²) in [5, 5.41) is 15.1. The smallest absolute Gasteiger partial charge is 0.278 e. The van der Waals surface area contributed by atoms with Crippen LogP contribution in [0.4, 0.5) is 5.00 Å². The number of thiocarbonyl (C=S) groups is 1. The average Bonchev–Trinajstić information content (AvgIpc) is 2.73. The standard InChI is InChI=1S/C13H12Cl3N3OS2/c1-6-2-3-7-8(5-17)10(22-9(7)4-6)18-12(21)19-11(20)13(14,15)16/h6H,2-4H2,1H3,(H2,18,19,20,21). The summed E-state index contributed by atoms with van der Waals surface area (Å²) in [7, 11) is 0.